The van der Waals surface area contributed by atoms with Crippen molar-refractivity contribution in [2.24, 2.45) is 0 Å². The molecule has 0 aliphatic rings. The second kappa shape index (κ2) is 7.57. The molecule has 0 amide bonds. The van der Waals surface area contributed by atoms with Crippen molar-refractivity contribution in [2.45, 2.75) is 13.0 Å². The van der Waals surface area contributed by atoms with E-state index in [-0.39, 0.29) is 5.78 Å². The molecule has 0 unspecified atom stereocenters. The fourth-order valence-electron chi connectivity index (χ4n) is 1.84. The van der Waals surface area contributed by atoms with Crippen molar-refractivity contribution in [3.63, 3.8) is 0 Å². The SMILES string of the molecule is C[C@H](OC(=O)/C=C/c1ccccc1)C(=O)c1ccc(Cl)cc1. The van der Waals surface area contributed by atoms with E-state index in [9.17, 15) is 9.59 Å². The maximum Gasteiger partial charge on any atom is 0.331 e. The van der Waals surface area contributed by atoms with E-state index in [1.807, 2.05) is 30.3 Å². The zero-order valence-corrected chi connectivity index (χ0v) is 12.8. The fourth-order valence-corrected chi connectivity index (χ4v) is 1.97. The van der Waals surface area contributed by atoms with E-state index in [4.69, 9.17) is 16.3 Å². The lowest BCUT2D eigenvalue weighted by molar-refractivity contribution is -0.140. The Labute approximate surface area is 134 Å². The Morgan fingerprint density at radius 3 is 2.32 bits per heavy atom. The molecular weight excluding hydrogens is 300 g/mol. The summed E-state index contributed by atoms with van der Waals surface area (Å²) < 4.78 is 5.11. The molecule has 3 nitrogen and oxygen atoms in total. The van der Waals surface area contributed by atoms with Gasteiger partial charge in [0.15, 0.2) is 6.10 Å². The van der Waals surface area contributed by atoms with Gasteiger partial charge in [0, 0.05) is 16.7 Å². The molecule has 0 aliphatic carbocycles. The average molecular weight is 315 g/mol. The Bertz CT molecular complexity index is 675. The van der Waals surface area contributed by atoms with Gasteiger partial charge in [0.1, 0.15) is 0 Å². The molecule has 0 bridgehead atoms. The molecule has 0 saturated heterocycles. The van der Waals surface area contributed by atoms with Crippen LogP contribution < -0.4 is 0 Å². The molecule has 0 saturated carbocycles. The van der Waals surface area contributed by atoms with E-state index >= 15 is 0 Å². The van der Waals surface area contributed by atoms with Gasteiger partial charge in [-0.05, 0) is 42.8 Å². The first kappa shape index (κ1) is 16.0. The summed E-state index contributed by atoms with van der Waals surface area (Å²) in [6, 6.07) is 15.8. The number of ketones is 1. The third-order valence-corrected chi connectivity index (χ3v) is 3.25. The lowest BCUT2D eigenvalue weighted by atomic mass is 10.1. The zero-order chi connectivity index (χ0) is 15.9. The Morgan fingerprint density at radius 2 is 1.68 bits per heavy atom. The van der Waals surface area contributed by atoms with Gasteiger partial charge in [0.2, 0.25) is 5.78 Å². The van der Waals surface area contributed by atoms with Gasteiger partial charge in [-0.15, -0.1) is 0 Å². The summed E-state index contributed by atoms with van der Waals surface area (Å²) >= 11 is 5.77. The van der Waals surface area contributed by atoms with Crippen molar-refractivity contribution in [3.8, 4) is 0 Å². The monoisotopic (exact) mass is 314 g/mol. The predicted molar refractivity (Wildman–Crippen MR) is 86.8 cm³/mol. The summed E-state index contributed by atoms with van der Waals surface area (Å²) in [5, 5.41) is 0.548. The van der Waals surface area contributed by atoms with Crippen LogP contribution in [0.1, 0.15) is 22.8 Å². The van der Waals surface area contributed by atoms with Crippen LogP contribution in [-0.2, 0) is 9.53 Å². The van der Waals surface area contributed by atoms with Crippen LogP contribution in [0.25, 0.3) is 6.08 Å². The highest BCUT2D eigenvalue weighted by atomic mass is 35.5. The highest BCUT2D eigenvalue weighted by Crippen LogP contribution is 2.12. The molecular formula is C18H15ClO3. The third-order valence-electron chi connectivity index (χ3n) is 3.00. The van der Waals surface area contributed by atoms with Crippen LogP contribution in [-0.4, -0.2) is 17.9 Å². The first-order valence-corrected chi connectivity index (χ1v) is 7.17. The summed E-state index contributed by atoms with van der Waals surface area (Å²) in [6.07, 6.45) is 2.09. The van der Waals surface area contributed by atoms with E-state index < -0.39 is 12.1 Å². The maximum atomic E-state index is 12.1. The number of benzene rings is 2. The van der Waals surface area contributed by atoms with Gasteiger partial charge in [0.25, 0.3) is 0 Å². The van der Waals surface area contributed by atoms with Crippen molar-refractivity contribution < 1.29 is 14.3 Å². The fraction of sp³-hybridized carbons (Fsp3) is 0.111. The number of ether oxygens (including phenoxy) is 1. The van der Waals surface area contributed by atoms with Crippen molar-refractivity contribution in [2.75, 3.05) is 0 Å². The van der Waals surface area contributed by atoms with Crippen LogP contribution in [0.2, 0.25) is 5.02 Å². The molecule has 2 rings (SSSR count). The number of halogens is 1. The molecule has 0 N–H and O–H groups in total. The van der Waals surface area contributed by atoms with E-state index in [1.165, 1.54) is 6.08 Å². The van der Waals surface area contributed by atoms with Gasteiger partial charge in [-0.2, -0.15) is 0 Å². The van der Waals surface area contributed by atoms with Crippen LogP contribution in [0.3, 0.4) is 0 Å². The van der Waals surface area contributed by atoms with Crippen LogP contribution in [0.4, 0.5) is 0 Å². The maximum absolute atomic E-state index is 12.1. The molecule has 0 aromatic heterocycles. The van der Waals surface area contributed by atoms with Gasteiger partial charge < -0.3 is 4.74 Å². The van der Waals surface area contributed by atoms with Crippen LogP contribution in [0.5, 0.6) is 0 Å². The number of esters is 1. The number of carbonyl (C=O) groups excluding carboxylic acids is 2. The standard InChI is InChI=1S/C18H15ClO3/c1-13(18(21)15-8-10-16(19)11-9-15)22-17(20)12-7-14-5-3-2-4-6-14/h2-13H,1H3/b12-7+/t13-/m0/s1. The van der Waals surface area contributed by atoms with Gasteiger partial charge in [-0.3, -0.25) is 4.79 Å². The highest BCUT2D eigenvalue weighted by molar-refractivity contribution is 6.30. The molecule has 0 radical (unpaired) electrons. The smallest absolute Gasteiger partial charge is 0.331 e. The normalized spacial score (nSPS) is 12.1. The summed E-state index contributed by atoms with van der Waals surface area (Å²) in [6.45, 7) is 1.55. The second-order valence-electron chi connectivity index (χ2n) is 4.69. The lowest BCUT2D eigenvalue weighted by Gasteiger charge is -2.10. The summed E-state index contributed by atoms with van der Waals surface area (Å²) in [5.41, 5.74) is 1.34. The minimum atomic E-state index is -0.853. The molecule has 0 fully saturated rings. The Hall–Kier alpha value is -2.39. The first-order chi connectivity index (χ1) is 10.6. The van der Waals surface area contributed by atoms with Gasteiger partial charge >= 0.3 is 5.97 Å². The number of carbonyl (C=O) groups is 2. The van der Waals surface area contributed by atoms with Crippen molar-refractivity contribution >= 4 is 29.4 Å². The van der Waals surface area contributed by atoms with Gasteiger partial charge in [0.05, 0.1) is 0 Å². The van der Waals surface area contributed by atoms with E-state index in [1.54, 1.807) is 37.3 Å². The highest BCUT2D eigenvalue weighted by Gasteiger charge is 2.18. The predicted octanol–water partition coefficient (Wildman–Crippen LogP) is 4.17. The van der Waals surface area contributed by atoms with E-state index in [0.29, 0.717) is 10.6 Å². The summed E-state index contributed by atoms with van der Waals surface area (Å²) in [5.74, 6) is -0.822. The van der Waals surface area contributed by atoms with Gasteiger partial charge in [-0.25, -0.2) is 4.79 Å². The van der Waals surface area contributed by atoms with Crippen molar-refractivity contribution in [3.05, 3.63) is 76.8 Å². The Kier molecular flexibility index (Phi) is 5.50. The van der Waals surface area contributed by atoms with Gasteiger partial charge in [-0.1, -0.05) is 41.9 Å². The topological polar surface area (TPSA) is 43.4 Å². The molecule has 22 heavy (non-hydrogen) atoms. The van der Waals surface area contributed by atoms with Crippen LogP contribution in [0.15, 0.2) is 60.7 Å². The number of rotatable bonds is 5. The van der Waals surface area contributed by atoms with Crippen LogP contribution in [0, 0.1) is 0 Å². The van der Waals surface area contributed by atoms with Crippen LogP contribution >= 0.6 is 11.6 Å². The minimum absolute atomic E-state index is 0.266. The number of Topliss-reactive ketones (excluding diaryl/α,β-unsaturated/α-hetero) is 1. The molecule has 0 spiro atoms. The Balaban J connectivity index is 1.94. The average Bonchev–Trinajstić information content (AvgIpc) is 2.54. The Morgan fingerprint density at radius 1 is 1.05 bits per heavy atom. The largest absolute Gasteiger partial charge is 0.451 e. The molecule has 0 aliphatic heterocycles. The number of hydrogen-bond acceptors (Lipinski definition) is 3. The molecule has 0 heterocycles. The van der Waals surface area contributed by atoms with E-state index in [0.717, 1.165) is 5.56 Å². The number of hydrogen-bond donors (Lipinski definition) is 0. The minimum Gasteiger partial charge on any atom is -0.451 e. The molecule has 1 atom stereocenters. The molecule has 2 aromatic carbocycles. The second-order valence-corrected chi connectivity index (χ2v) is 5.13. The third kappa shape index (κ3) is 4.57. The summed E-state index contributed by atoms with van der Waals surface area (Å²) in [4.78, 5) is 23.9. The molecule has 2 aromatic rings. The molecule has 112 valence electrons. The van der Waals surface area contributed by atoms with E-state index in [2.05, 4.69) is 0 Å². The zero-order valence-electron chi connectivity index (χ0n) is 12.0. The van der Waals surface area contributed by atoms with Crippen molar-refractivity contribution in [1.29, 1.82) is 0 Å². The van der Waals surface area contributed by atoms with Crippen molar-refractivity contribution in [1.82, 2.24) is 0 Å². The summed E-state index contributed by atoms with van der Waals surface area (Å²) in [7, 11) is 0. The lowest BCUT2D eigenvalue weighted by Crippen LogP contribution is -2.23. The quantitative estimate of drug-likeness (QED) is 0.472. The first-order valence-electron chi connectivity index (χ1n) is 6.80. The molecule has 4 heteroatoms.